The molecule has 0 unspecified atom stereocenters. The molecule has 0 aliphatic carbocycles. The molecule has 4 nitrogen and oxygen atoms in total. The first-order valence-corrected chi connectivity index (χ1v) is 8.13. The molecule has 0 radical (unpaired) electrons. The number of piperidine rings is 3. The highest BCUT2D eigenvalue weighted by molar-refractivity contribution is 6.02. The number of carbonyl (C=O) groups is 1. The van der Waals surface area contributed by atoms with Gasteiger partial charge < -0.3 is 14.4 Å². The van der Waals surface area contributed by atoms with Gasteiger partial charge in [-0.15, -0.1) is 0 Å². The molecule has 3 saturated heterocycles. The molecule has 1 aromatic rings. The Balaban J connectivity index is 1.93. The second-order valence-corrected chi connectivity index (χ2v) is 5.72. The molecule has 0 N–H and O–H groups in total. The summed E-state index contributed by atoms with van der Waals surface area (Å²) in [5, 5.41) is 0. The molecule has 2 bridgehead atoms. The van der Waals surface area contributed by atoms with E-state index >= 15 is 0 Å². The van der Waals surface area contributed by atoms with Crippen LogP contribution in [0.25, 0.3) is 6.08 Å². The van der Waals surface area contributed by atoms with E-state index in [9.17, 15) is 4.79 Å². The predicted octanol–water partition coefficient (Wildman–Crippen LogP) is 3.12. The van der Waals surface area contributed by atoms with Crippen molar-refractivity contribution in [3.63, 3.8) is 0 Å². The number of carbonyl (C=O) groups excluding carboxylic acids is 1. The number of nitrogens with zero attached hydrogens (tertiary/aromatic N) is 1. The van der Waals surface area contributed by atoms with Crippen molar-refractivity contribution in [3.8, 4) is 11.5 Å². The van der Waals surface area contributed by atoms with Gasteiger partial charge in [-0.2, -0.15) is 0 Å². The normalized spacial score (nSPS) is 19.8. The van der Waals surface area contributed by atoms with Crippen LogP contribution >= 0.6 is 0 Å². The van der Waals surface area contributed by atoms with E-state index in [-0.39, 0.29) is 11.7 Å². The molecule has 22 heavy (non-hydrogen) atoms. The molecule has 1 aromatic carbocycles. The Morgan fingerprint density at radius 3 is 2.55 bits per heavy atom. The highest BCUT2D eigenvalue weighted by atomic mass is 16.5. The molecule has 118 valence electrons. The number of Topliss-reactive ketones (excluding diaryl/α,β-unsaturated/α-hetero) is 1. The third-order valence-electron chi connectivity index (χ3n) is 4.35. The van der Waals surface area contributed by atoms with Gasteiger partial charge in [-0.1, -0.05) is 0 Å². The topological polar surface area (TPSA) is 38.8 Å². The zero-order valence-electron chi connectivity index (χ0n) is 13.3. The first kappa shape index (κ1) is 14.9. The fraction of sp³-hybridized carbons (Fsp3) is 0.500. The van der Waals surface area contributed by atoms with Gasteiger partial charge in [-0.05, 0) is 44.9 Å². The summed E-state index contributed by atoms with van der Waals surface area (Å²) in [5.41, 5.74) is 1.79. The highest BCUT2D eigenvalue weighted by Crippen LogP contribution is 2.34. The molecule has 0 amide bonds. The Bertz CT molecular complexity index is 586. The zero-order chi connectivity index (χ0) is 15.5. The molecule has 0 atom stereocenters. The van der Waals surface area contributed by atoms with Crippen LogP contribution in [0.4, 0.5) is 0 Å². The quantitative estimate of drug-likeness (QED) is 0.783. The van der Waals surface area contributed by atoms with Crippen LogP contribution in [0, 0.1) is 5.92 Å². The van der Waals surface area contributed by atoms with E-state index in [0.717, 1.165) is 48.7 Å². The van der Waals surface area contributed by atoms with Crippen LogP contribution in [-0.4, -0.2) is 37.0 Å². The Morgan fingerprint density at radius 1 is 1.18 bits per heavy atom. The van der Waals surface area contributed by atoms with Gasteiger partial charge in [0, 0.05) is 30.6 Å². The average molecular weight is 301 g/mol. The summed E-state index contributed by atoms with van der Waals surface area (Å²) >= 11 is 0. The third kappa shape index (κ3) is 2.82. The Morgan fingerprint density at radius 2 is 1.91 bits per heavy atom. The minimum atomic E-state index is 0.217. The van der Waals surface area contributed by atoms with Gasteiger partial charge in [0.1, 0.15) is 11.5 Å². The van der Waals surface area contributed by atoms with Crippen LogP contribution < -0.4 is 9.47 Å². The van der Waals surface area contributed by atoms with Gasteiger partial charge in [0.05, 0.1) is 18.9 Å². The second-order valence-electron chi connectivity index (χ2n) is 5.72. The molecule has 0 aromatic heterocycles. The second kappa shape index (κ2) is 6.42. The fourth-order valence-electron chi connectivity index (χ4n) is 3.23. The van der Waals surface area contributed by atoms with E-state index in [4.69, 9.17) is 9.47 Å². The van der Waals surface area contributed by atoms with E-state index in [1.54, 1.807) is 0 Å². The summed E-state index contributed by atoms with van der Waals surface area (Å²) in [6, 6.07) is 5.80. The lowest BCUT2D eigenvalue weighted by Crippen LogP contribution is -2.45. The summed E-state index contributed by atoms with van der Waals surface area (Å²) in [5.74, 6) is 2.07. The van der Waals surface area contributed by atoms with Crippen LogP contribution in [-0.2, 0) is 4.79 Å². The van der Waals surface area contributed by atoms with Crippen LogP contribution in [0.2, 0.25) is 0 Å². The number of ketones is 1. The Kier molecular flexibility index (Phi) is 4.36. The van der Waals surface area contributed by atoms with Gasteiger partial charge in [0.2, 0.25) is 0 Å². The average Bonchev–Trinajstić information content (AvgIpc) is 2.54. The molecule has 0 spiro atoms. The number of hydrogen-bond acceptors (Lipinski definition) is 4. The van der Waals surface area contributed by atoms with Crippen molar-refractivity contribution in [1.29, 1.82) is 0 Å². The van der Waals surface area contributed by atoms with Gasteiger partial charge in [0.15, 0.2) is 5.78 Å². The van der Waals surface area contributed by atoms with E-state index in [0.29, 0.717) is 13.2 Å². The molecular weight excluding hydrogens is 278 g/mol. The largest absolute Gasteiger partial charge is 0.494 e. The first-order valence-electron chi connectivity index (χ1n) is 8.13. The number of hydrogen-bond donors (Lipinski definition) is 0. The van der Waals surface area contributed by atoms with Crippen LogP contribution in [0.3, 0.4) is 0 Å². The number of fused-ring (bicyclic) bond motifs is 3. The van der Waals surface area contributed by atoms with Gasteiger partial charge in [-0.3, -0.25) is 4.79 Å². The molecule has 3 aliphatic rings. The standard InChI is InChI=1S/C18H23NO3/c1-3-21-15-6-5-14(17(12-15)22-4-2)11-16-18(20)13-7-9-19(16)10-8-13/h5-6,11-13H,3-4,7-10H2,1-2H3/b16-11-. The van der Waals surface area contributed by atoms with E-state index in [2.05, 4.69) is 4.90 Å². The molecular formula is C18H23NO3. The van der Waals surface area contributed by atoms with Gasteiger partial charge in [-0.25, -0.2) is 0 Å². The van der Waals surface area contributed by atoms with Crippen molar-refractivity contribution in [2.75, 3.05) is 26.3 Å². The van der Waals surface area contributed by atoms with Gasteiger partial charge >= 0.3 is 0 Å². The van der Waals surface area contributed by atoms with Crippen molar-refractivity contribution in [2.45, 2.75) is 26.7 Å². The van der Waals surface area contributed by atoms with Crippen molar-refractivity contribution < 1.29 is 14.3 Å². The fourth-order valence-corrected chi connectivity index (χ4v) is 3.23. The Labute approximate surface area is 131 Å². The maximum Gasteiger partial charge on any atom is 0.182 e. The number of rotatable bonds is 5. The van der Waals surface area contributed by atoms with Crippen LogP contribution in [0.5, 0.6) is 11.5 Å². The lowest BCUT2D eigenvalue weighted by Gasteiger charge is -2.41. The number of ether oxygens (including phenoxy) is 2. The summed E-state index contributed by atoms with van der Waals surface area (Å²) < 4.78 is 11.3. The maximum absolute atomic E-state index is 12.5. The van der Waals surface area contributed by atoms with Crippen molar-refractivity contribution in [3.05, 3.63) is 29.5 Å². The summed E-state index contributed by atoms with van der Waals surface area (Å²) in [6.45, 7) is 7.11. The Hall–Kier alpha value is -1.97. The van der Waals surface area contributed by atoms with Crippen molar-refractivity contribution in [2.24, 2.45) is 5.92 Å². The van der Waals surface area contributed by atoms with Gasteiger partial charge in [0.25, 0.3) is 0 Å². The van der Waals surface area contributed by atoms with E-state index in [1.165, 1.54) is 0 Å². The lowest BCUT2D eigenvalue weighted by molar-refractivity contribution is -0.125. The minimum Gasteiger partial charge on any atom is -0.494 e. The van der Waals surface area contributed by atoms with E-state index < -0.39 is 0 Å². The minimum absolute atomic E-state index is 0.217. The third-order valence-corrected chi connectivity index (χ3v) is 4.35. The highest BCUT2D eigenvalue weighted by Gasteiger charge is 2.36. The monoisotopic (exact) mass is 301 g/mol. The maximum atomic E-state index is 12.5. The first-order chi connectivity index (χ1) is 10.7. The molecule has 4 rings (SSSR count). The van der Waals surface area contributed by atoms with E-state index in [1.807, 2.05) is 38.1 Å². The van der Waals surface area contributed by atoms with Crippen molar-refractivity contribution in [1.82, 2.24) is 4.90 Å². The molecule has 4 heteroatoms. The van der Waals surface area contributed by atoms with Crippen LogP contribution in [0.1, 0.15) is 32.3 Å². The lowest BCUT2D eigenvalue weighted by atomic mass is 9.84. The summed E-state index contributed by atoms with van der Waals surface area (Å²) in [4.78, 5) is 14.7. The SMILES string of the molecule is CCOc1ccc(/C=C2/C(=O)C3CCN2CC3)c(OCC)c1. The predicted molar refractivity (Wildman–Crippen MR) is 86.1 cm³/mol. The molecule has 3 fully saturated rings. The summed E-state index contributed by atoms with van der Waals surface area (Å²) in [6.07, 6.45) is 3.98. The molecule has 3 aliphatic heterocycles. The zero-order valence-corrected chi connectivity index (χ0v) is 13.3. The molecule has 3 heterocycles. The number of benzene rings is 1. The smallest absolute Gasteiger partial charge is 0.182 e. The number of allylic oxidation sites excluding steroid dienone is 1. The van der Waals surface area contributed by atoms with Crippen LogP contribution in [0.15, 0.2) is 23.9 Å². The molecule has 0 saturated carbocycles. The van der Waals surface area contributed by atoms with Crippen molar-refractivity contribution >= 4 is 11.9 Å². The summed E-state index contributed by atoms with van der Waals surface area (Å²) in [7, 11) is 0.